The molecular formula is C25H31N3O6S. The summed E-state index contributed by atoms with van der Waals surface area (Å²) in [6.07, 6.45) is 1.60. The van der Waals surface area contributed by atoms with Gasteiger partial charge in [0.25, 0.3) is 11.8 Å². The van der Waals surface area contributed by atoms with E-state index < -0.39 is 15.9 Å². The van der Waals surface area contributed by atoms with E-state index in [0.717, 1.165) is 12.8 Å². The first kappa shape index (κ1) is 25.2. The zero-order valence-corrected chi connectivity index (χ0v) is 20.8. The van der Waals surface area contributed by atoms with Crippen LogP contribution >= 0.6 is 0 Å². The third kappa shape index (κ3) is 5.50. The van der Waals surface area contributed by atoms with Crippen molar-refractivity contribution < 1.29 is 27.5 Å². The van der Waals surface area contributed by atoms with Crippen LogP contribution in [0.3, 0.4) is 0 Å². The summed E-state index contributed by atoms with van der Waals surface area (Å²) in [5.74, 6) is -0.0372. The van der Waals surface area contributed by atoms with Crippen LogP contribution in [0.15, 0.2) is 47.4 Å². The van der Waals surface area contributed by atoms with E-state index in [4.69, 9.17) is 9.47 Å². The zero-order chi connectivity index (χ0) is 25.0. The number of carbonyl (C=O) groups is 2. The highest BCUT2D eigenvalue weighted by atomic mass is 32.2. The molecule has 0 saturated carbocycles. The Hall–Kier alpha value is -2.95. The maximum atomic E-state index is 13.3. The molecule has 2 aliphatic rings. The van der Waals surface area contributed by atoms with E-state index in [0.29, 0.717) is 56.6 Å². The number of carbonyl (C=O) groups excluding carboxylic acids is 2. The van der Waals surface area contributed by atoms with Gasteiger partial charge in [-0.3, -0.25) is 9.59 Å². The van der Waals surface area contributed by atoms with Crippen molar-refractivity contribution in [3.63, 3.8) is 0 Å². The maximum Gasteiger partial charge on any atom is 0.259 e. The standard InChI is InChI=1S/C25H31N3O6S/c1-18-9-11-28(12-10-18)35(31,32)19-7-8-23(33-2)21(17-19)24(29)26-22-6-4-3-5-20(22)25(30)27-13-15-34-16-14-27/h3-8,17-18H,9-16H2,1-2H3,(H,26,29). The predicted molar refractivity (Wildman–Crippen MR) is 131 cm³/mol. The number of methoxy groups -OCH3 is 1. The quantitative estimate of drug-likeness (QED) is 0.653. The van der Waals surface area contributed by atoms with Gasteiger partial charge in [-0.2, -0.15) is 4.31 Å². The van der Waals surface area contributed by atoms with E-state index in [1.807, 2.05) is 0 Å². The molecule has 2 amide bonds. The Morgan fingerprint density at radius 3 is 2.37 bits per heavy atom. The summed E-state index contributed by atoms with van der Waals surface area (Å²) in [5.41, 5.74) is 0.773. The molecule has 2 aliphatic heterocycles. The van der Waals surface area contributed by atoms with Crippen molar-refractivity contribution in [1.29, 1.82) is 0 Å². The minimum absolute atomic E-state index is 0.0377. The fraction of sp³-hybridized carbons (Fsp3) is 0.440. The first-order valence-corrected chi connectivity index (χ1v) is 13.2. The average molecular weight is 502 g/mol. The highest BCUT2D eigenvalue weighted by Gasteiger charge is 2.30. The number of morpholine rings is 1. The van der Waals surface area contributed by atoms with Crippen LogP contribution in [-0.2, 0) is 14.8 Å². The number of anilines is 1. The number of rotatable bonds is 6. The van der Waals surface area contributed by atoms with Crippen LogP contribution < -0.4 is 10.1 Å². The van der Waals surface area contributed by atoms with Gasteiger partial charge in [0.2, 0.25) is 10.0 Å². The van der Waals surface area contributed by atoms with Crippen molar-refractivity contribution in [1.82, 2.24) is 9.21 Å². The third-order valence-corrected chi connectivity index (χ3v) is 8.39. The fourth-order valence-electron chi connectivity index (χ4n) is 4.30. The van der Waals surface area contributed by atoms with Crippen LogP contribution in [0.5, 0.6) is 5.75 Å². The molecule has 0 atom stereocenters. The Morgan fingerprint density at radius 1 is 1.00 bits per heavy atom. The number of benzene rings is 2. The Labute approximate surface area is 206 Å². The molecule has 0 bridgehead atoms. The number of nitrogens with zero attached hydrogens (tertiary/aromatic N) is 2. The van der Waals surface area contributed by atoms with Gasteiger partial charge in [0, 0.05) is 26.2 Å². The summed E-state index contributed by atoms with van der Waals surface area (Å²) in [6, 6.07) is 11.0. The smallest absolute Gasteiger partial charge is 0.259 e. The van der Waals surface area contributed by atoms with Crippen LogP contribution in [0.1, 0.15) is 40.5 Å². The third-order valence-electron chi connectivity index (χ3n) is 6.50. The van der Waals surface area contributed by atoms with Crippen LogP contribution in [0.4, 0.5) is 5.69 Å². The molecule has 9 nitrogen and oxygen atoms in total. The minimum Gasteiger partial charge on any atom is -0.496 e. The first-order chi connectivity index (χ1) is 16.8. The second-order valence-corrected chi connectivity index (χ2v) is 10.8. The van der Waals surface area contributed by atoms with E-state index in [2.05, 4.69) is 12.2 Å². The van der Waals surface area contributed by atoms with E-state index in [1.165, 1.54) is 29.6 Å². The van der Waals surface area contributed by atoms with Gasteiger partial charge in [0.05, 0.1) is 42.0 Å². The predicted octanol–water partition coefficient (Wildman–Crippen LogP) is 2.84. The van der Waals surface area contributed by atoms with Crippen molar-refractivity contribution in [3.8, 4) is 5.75 Å². The van der Waals surface area contributed by atoms with Gasteiger partial charge in [-0.05, 0) is 49.1 Å². The van der Waals surface area contributed by atoms with Crippen LogP contribution in [0.25, 0.3) is 0 Å². The van der Waals surface area contributed by atoms with E-state index in [9.17, 15) is 18.0 Å². The fourth-order valence-corrected chi connectivity index (χ4v) is 5.80. The summed E-state index contributed by atoms with van der Waals surface area (Å²) >= 11 is 0. The molecule has 188 valence electrons. The summed E-state index contributed by atoms with van der Waals surface area (Å²) < 4.78 is 38.6. The lowest BCUT2D eigenvalue weighted by atomic mass is 10.0. The maximum absolute atomic E-state index is 13.3. The molecule has 0 aromatic heterocycles. The van der Waals surface area contributed by atoms with Crippen molar-refractivity contribution >= 4 is 27.5 Å². The second kappa shape index (κ2) is 10.8. The number of nitrogens with one attached hydrogen (secondary N) is 1. The Morgan fingerprint density at radius 2 is 1.69 bits per heavy atom. The molecular weight excluding hydrogens is 470 g/mol. The van der Waals surface area contributed by atoms with Crippen molar-refractivity contribution in [3.05, 3.63) is 53.6 Å². The zero-order valence-electron chi connectivity index (χ0n) is 20.0. The van der Waals surface area contributed by atoms with Gasteiger partial charge in [0.1, 0.15) is 5.75 Å². The summed E-state index contributed by atoms with van der Waals surface area (Å²) in [6.45, 7) is 4.90. The van der Waals surface area contributed by atoms with Gasteiger partial charge in [0.15, 0.2) is 0 Å². The molecule has 0 spiro atoms. The molecule has 2 aromatic rings. The van der Waals surface area contributed by atoms with Gasteiger partial charge >= 0.3 is 0 Å². The monoisotopic (exact) mass is 501 g/mol. The van der Waals surface area contributed by atoms with E-state index >= 15 is 0 Å². The Balaban J connectivity index is 1.60. The van der Waals surface area contributed by atoms with Crippen molar-refractivity contribution in [2.24, 2.45) is 5.92 Å². The van der Waals surface area contributed by atoms with E-state index in [1.54, 1.807) is 29.2 Å². The van der Waals surface area contributed by atoms with Crippen LogP contribution in [-0.4, -0.2) is 75.9 Å². The van der Waals surface area contributed by atoms with Gasteiger partial charge in [-0.15, -0.1) is 0 Å². The molecule has 2 aromatic carbocycles. The number of hydrogen-bond donors (Lipinski definition) is 1. The highest BCUT2D eigenvalue weighted by molar-refractivity contribution is 7.89. The molecule has 4 rings (SSSR count). The number of sulfonamides is 1. The molecule has 2 heterocycles. The molecule has 0 radical (unpaired) electrons. The first-order valence-electron chi connectivity index (χ1n) is 11.8. The topological polar surface area (TPSA) is 105 Å². The molecule has 2 saturated heterocycles. The molecule has 10 heteroatoms. The number of piperidine rings is 1. The number of hydrogen-bond acceptors (Lipinski definition) is 6. The second-order valence-electron chi connectivity index (χ2n) is 8.85. The average Bonchev–Trinajstić information content (AvgIpc) is 2.89. The van der Waals surface area contributed by atoms with Gasteiger partial charge in [-0.1, -0.05) is 19.1 Å². The highest BCUT2D eigenvalue weighted by Crippen LogP contribution is 2.29. The van der Waals surface area contributed by atoms with Crippen molar-refractivity contribution in [2.45, 2.75) is 24.7 Å². The Bertz CT molecular complexity index is 1190. The number of para-hydroxylation sites is 1. The molecule has 35 heavy (non-hydrogen) atoms. The summed E-state index contributed by atoms with van der Waals surface area (Å²) in [7, 11) is -2.33. The largest absolute Gasteiger partial charge is 0.496 e. The molecule has 0 unspecified atom stereocenters. The number of amides is 2. The summed E-state index contributed by atoms with van der Waals surface area (Å²) in [5, 5.41) is 2.78. The SMILES string of the molecule is COc1ccc(S(=O)(=O)N2CCC(C)CC2)cc1C(=O)Nc1ccccc1C(=O)N1CCOCC1. The van der Waals surface area contributed by atoms with Gasteiger partial charge in [-0.25, -0.2) is 8.42 Å². The van der Waals surface area contributed by atoms with Crippen LogP contribution in [0.2, 0.25) is 0 Å². The normalized spacial score (nSPS) is 17.7. The Kier molecular flexibility index (Phi) is 7.73. The lowest BCUT2D eigenvalue weighted by molar-refractivity contribution is 0.0303. The van der Waals surface area contributed by atoms with Crippen LogP contribution in [0, 0.1) is 5.92 Å². The number of ether oxygens (including phenoxy) is 2. The molecule has 0 aliphatic carbocycles. The lowest BCUT2D eigenvalue weighted by Gasteiger charge is -2.29. The summed E-state index contributed by atoms with van der Waals surface area (Å²) in [4.78, 5) is 28.1. The van der Waals surface area contributed by atoms with Gasteiger partial charge < -0.3 is 19.7 Å². The molecule has 2 fully saturated rings. The van der Waals surface area contributed by atoms with Crippen molar-refractivity contribution in [2.75, 3.05) is 51.8 Å². The molecule has 1 N–H and O–H groups in total. The minimum atomic E-state index is -3.75. The van der Waals surface area contributed by atoms with E-state index in [-0.39, 0.29) is 22.1 Å². The lowest BCUT2D eigenvalue weighted by Crippen LogP contribution is -2.41.